The standard InChI is InChI=1S/C9H13ClNO4P/c1-3-13-16(12,14-4-2)15-9-6-5-8(10)7-11-9/h5-7H,3-4H2,1-2H3. The van der Waals surface area contributed by atoms with E-state index in [4.69, 9.17) is 25.2 Å². The molecule has 90 valence electrons. The maximum Gasteiger partial charge on any atom is 0.531 e. The molecule has 1 aromatic heterocycles. The van der Waals surface area contributed by atoms with Gasteiger partial charge in [-0.1, -0.05) is 11.6 Å². The van der Waals surface area contributed by atoms with Crippen LogP contribution in [0, 0.1) is 0 Å². The molecule has 0 aliphatic heterocycles. The number of aromatic nitrogens is 1. The van der Waals surface area contributed by atoms with Crippen molar-refractivity contribution < 1.29 is 18.1 Å². The molecule has 7 heteroatoms. The van der Waals surface area contributed by atoms with Crippen molar-refractivity contribution in [2.45, 2.75) is 13.8 Å². The van der Waals surface area contributed by atoms with Crippen molar-refractivity contribution in [3.63, 3.8) is 0 Å². The highest BCUT2D eigenvalue weighted by atomic mass is 35.5. The Morgan fingerprint density at radius 3 is 2.38 bits per heavy atom. The normalized spacial score (nSPS) is 11.4. The van der Waals surface area contributed by atoms with Crippen LogP contribution in [0.1, 0.15) is 13.8 Å². The second-order valence-corrected chi connectivity index (χ2v) is 4.72. The summed E-state index contributed by atoms with van der Waals surface area (Å²) < 4.78 is 26.9. The predicted molar refractivity (Wildman–Crippen MR) is 60.7 cm³/mol. The number of pyridine rings is 1. The molecule has 1 aromatic rings. The van der Waals surface area contributed by atoms with Crippen LogP contribution in [-0.4, -0.2) is 18.2 Å². The molecule has 0 spiro atoms. The first-order valence-electron chi connectivity index (χ1n) is 4.80. The lowest BCUT2D eigenvalue weighted by Crippen LogP contribution is -2.03. The number of hydrogen-bond donors (Lipinski definition) is 0. The summed E-state index contributed by atoms with van der Waals surface area (Å²) in [5.74, 6) is 0.148. The van der Waals surface area contributed by atoms with Gasteiger partial charge in [-0.2, -0.15) is 0 Å². The van der Waals surface area contributed by atoms with Crippen LogP contribution in [0.4, 0.5) is 0 Å². The van der Waals surface area contributed by atoms with Crippen molar-refractivity contribution in [1.82, 2.24) is 4.98 Å². The summed E-state index contributed by atoms with van der Waals surface area (Å²) in [4.78, 5) is 3.84. The lowest BCUT2D eigenvalue weighted by molar-refractivity contribution is 0.166. The number of halogens is 1. The van der Waals surface area contributed by atoms with Gasteiger partial charge in [-0.15, -0.1) is 0 Å². The molecule has 16 heavy (non-hydrogen) atoms. The molecule has 5 nitrogen and oxygen atoms in total. The molecule has 0 fully saturated rings. The topological polar surface area (TPSA) is 57.7 Å². The Bertz CT molecular complexity index is 360. The molecule has 0 saturated heterocycles. The molecule has 0 aliphatic rings. The quantitative estimate of drug-likeness (QED) is 0.739. The zero-order valence-electron chi connectivity index (χ0n) is 9.05. The molecule has 1 heterocycles. The maximum absolute atomic E-state index is 11.9. The molecule has 0 saturated carbocycles. The van der Waals surface area contributed by atoms with E-state index in [-0.39, 0.29) is 19.1 Å². The molecular weight excluding hydrogens is 253 g/mol. The summed E-state index contributed by atoms with van der Waals surface area (Å²) in [6.45, 7) is 3.85. The molecule has 0 aliphatic carbocycles. The fourth-order valence-electron chi connectivity index (χ4n) is 0.937. The Morgan fingerprint density at radius 2 is 1.94 bits per heavy atom. The highest BCUT2D eigenvalue weighted by Gasteiger charge is 2.27. The van der Waals surface area contributed by atoms with Gasteiger partial charge in [-0.05, 0) is 19.9 Å². The summed E-state index contributed by atoms with van der Waals surface area (Å²) in [5.41, 5.74) is 0. The van der Waals surface area contributed by atoms with Crippen LogP contribution in [-0.2, 0) is 13.6 Å². The lowest BCUT2D eigenvalue weighted by Gasteiger charge is -2.15. The van der Waals surface area contributed by atoms with Gasteiger partial charge in [0.1, 0.15) is 0 Å². The van der Waals surface area contributed by atoms with Gasteiger partial charge in [-0.25, -0.2) is 9.55 Å². The smallest absolute Gasteiger partial charge is 0.386 e. The fraction of sp³-hybridized carbons (Fsp3) is 0.444. The van der Waals surface area contributed by atoms with Crippen LogP contribution in [0.2, 0.25) is 5.02 Å². The molecule has 0 N–H and O–H groups in total. The Kier molecular flexibility index (Phi) is 5.22. The molecule has 1 rings (SSSR count). The Labute approximate surface area is 99.3 Å². The van der Waals surface area contributed by atoms with Gasteiger partial charge in [-0.3, -0.25) is 9.05 Å². The fourth-order valence-corrected chi connectivity index (χ4v) is 2.20. The SMILES string of the molecule is CCOP(=O)(OCC)Oc1ccc(Cl)cn1. The number of nitrogens with zero attached hydrogens (tertiary/aromatic N) is 1. The Balaban J connectivity index is 2.75. The summed E-state index contributed by atoms with van der Waals surface area (Å²) in [5, 5.41) is 0.468. The van der Waals surface area contributed by atoms with Gasteiger partial charge in [0.25, 0.3) is 0 Å². The molecule has 0 atom stereocenters. The molecular formula is C9H13ClNO4P. The van der Waals surface area contributed by atoms with Gasteiger partial charge in [0.15, 0.2) is 0 Å². The second kappa shape index (κ2) is 6.21. The van der Waals surface area contributed by atoms with Gasteiger partial charge in [0, 0.05) is 12.3 Å². The highest BCUT2D eigenvalue weighted by molar-refractivity contribution is 7.48. The zero-order chi connectivity index (χ0) is 12.0. The van der Waals surface area contributed by atoms with Crippen molar-refractivity contribution in [3.8, 4) is 5.88 Å². The molecule has 0 aromatic carbocycles. The van der Waals surface area contributed by atoms with Crippen LogP contribution in [0.5, 0.6) is 5.88 Å². The zero-order valence-corrected chi connectivity index (χ0v) is 10.7. The number of rotatable bonds is 6. The van der Waals surface area contributed by atoms with Crippen LogP contribution >= 0.6 is 19.4 Å². The predicted octanol–water partition coefficient (Wildman–Crippen LogP) is 3.29. The van der Waals surface area contributed by atoms with Gasteiger partial charge >= 0.3 is 7.82 Å². The first-order valence-corrected chi connectivity index (χ1v) is 6.63. The van der Waals surface area contributed by atoms with E-state index in [0.717, 1.165) is 0 Å². The average molecular weight is 266 g/mol. The van der Waals surface area contributed by atoms with E-state index < -0.39 is 7.82 Å². The van der Waals surface area contributed by atoms with E-state index in [1.165, 1.54) is 12.3 Å². The first kappa shape index (κ1) is 13.5. The third kappa shape index (κ3) is 4.10. The highest BCUT2D eigenvalue weighted by Crippen LogP contribution is 2.48. The van der Waals surface area contributed by atoms with E-state index in [2.05, 4.69) is 4.98 Å². The Hall–Kier alpha value is -0.610. The van der Waals surface area contributed by atoms with E-state index in [1.54, 1.807) is 19.9 Å². The van der Waals surface area contributed by atoms with E-state index in [1.807, 2.05) is 0 Å². The van der Waals surface area contributed by atoms with Crippen molar-refractivity contribution >= 4 is 19.4 Å². The minimum Gasteiger partial charge on any atom is -0.386 e. The van der Waals surface area contributed by atoms with Crippen molar-refractivity contribution in [3.05, 3.63) is 23.4 Å². The van der Waals surface area contributed by atoms with Gasteiger partial charge in [0.2, 0.25) is 5.88 Å². The monoisotopic (exact) mass is 265 g/mol. The van der Waals surface area contributed by atoms with Gasteiger partial charge in [0.05, 0.1) is 18.2 Å². The van der Waals surface area contributed by atoms with E-state index in [0.29, 0.717) is 5.02 Å². The second-order valence-electron chi connectivity index (χ2n) is 2.69. The third-order valence-electron chi connectivity index (χ3n) is 1.48. The molecule has 0 bridgehead atoms. The summed E-state index contributed by atoms with van der Waals surface area (Å²) in [7, 11) is -3.56. The number of hydrogen-bond acceptors (Lipinski definition) is 5. The number of phosphoric acid groups is 1. The average Bonchev–Trinajstić information content (AvgIpc) is 2.22. The maximum atomic E-state index is 11.9. The van der Waals surface area contributed by atoms with Crippen LogP contribution < -0.4 is 4.52 Å². The largest absolute Gasteiger partial charge is 0.531 e. The van der Waals surface area contributed by atoms with Crippen molar-refractivity contribution in [1.29, 1.82) is 0 Å². The van der Waals surface area contributed by atoms with Gasteiger partial charge < -0.3 is 4.52 Å². The van der Waals surface area contributed by atoms with Crippen molar-refractivity contribution in [2.75, 3.05) is 13.2 Å². The van der Waals surface area contributed by atoms with Crippen molar-refractivity contribution in [2.24, 2.45) is 0 Å². The van der Waals surface area contributed by atoms with E-state index in [9.17, 15) is 4.57 Å². The molecule has 0 amide bonds. The van der Waals surface area contributed by atoms with E-state index >= 15 is 0 Å². The van der Waals surface area contributed by atoms with Crippen LogP contribution in [0.25, 0.3) is 0 Å². The Morgan fingerprint density at radius 1 is 1.31 bits per heavy atom. The van der Waals surface area contributed by atoms with Crippen LogP contribution in [0.3, 0.4) is 0 Å². The van der Waals surface area contributed by atoms with Crippen LogP contribution in [0.15, 0.2) is 18.3 Å². The minimum atomic E-state index is -3.56. The number of phosphoric ester groups is 1. The molecule has 0 radical (unpaired) electrons. The first-order chi connectivity index (χ1) is 7.59. The third-order valence-corrected chi connectivity index (χ3v) is 3.26. The molecule has 0 unspecified atom stereocenters. The summed E-state index contributed by atoms with van der Waals surface area (Å²) >= 11 is 5.66. The summed E-state index contributed by atoms with van der Waals surface area (Å²) in [6, 6.07) is 3.07. The lowest BCUT2D eigenvalue weighted by atomic mass is 10.5. The minimum absolute atomic E-state index is 0.148. The summed E-state index contributed by atoms with van der Waals surface area (Å²) in [6.07, 6.45) is 1.39.